The largest absolute Gasteiger partial charge is 0.507 e. The Bertz CT molecular complexity index is 1410. The molecule has 11 heteroatoms. The van der Waals surface area contributed by atoms with E-state index in [0.29, 0.717) is 69.3 Å². The summed E-state index contributed by atoms with van der Waals surface area (Å²) in [7, 11) is 0. The first-order valence-corrected chi connectivity index (χ1v) is 16.8. The van der Waals surface area contributed by atoms with Gasteiger partial charge in [-0.1, -0.05) is 30.3 Å². The number of β-amino-alcohol motifs (C(OH)–C–C–N with tert-alkyl or cyclic N) is 1. The Morgan fingerprint density at radius 1 is 0.913 bits per heavy atom. The molecular formula is C35H47N5O6. The van der Waals surface area contributed by atoms with E-state index in [4.69, 9.17) is 4.74 Å². The van der Waals surface area contributed by atoms with Crippen LogP contribution in [0.25, 0.3) is 0 Å². The number of rotatable bonds is 6. The molecule has 0 radical (unpaired) electrons. The van der Waals surface area contributed by atoms with Crippen LogP contribution in [-0.2, 0) is 22.4 Å². The molecule has 0 bridgehead atoms. The van der Waals surface area contributed by atoms with Crippen molar-refractivity contribution in [3.63, 3.8) is 0 Å². The lowest BCUT2D eigenvalue weighted by Crippen LogP contribution is -2.52. The van der Waals surface area contributed by atoms with Gasteiger partial charge < -0.3 is 35.0 Å². The highest BCUT2D eigenvalue weighted by molar-refractivity contribution is 5.91. The van der Waals surface area contributed by atoms with E-state index < -0.39 is 12.2 Å². The Labute approximate surface area is 271 Å². The summed E-state index contributed by atoms with van der Waals surface area (Å²) in [5.74, 6) is 0.0230. The molecule has 6 rings (SSSR count). The van der Waals surface area contributed by atoms with E-state index in [-0.39, 0.29) is 36.3 Å². The molecule has 2 aromatic rings. The third kappa shape index (κ3) is 7.10. The van der Waals surface area contributed by atoms with Gasteiger partial charge in [0.2, 0.25) is 0 Å². The summed E-state index contributed by atoms with van der Waals surface area (Å²) in [5.41, 5.74) is 4.22. The van der Waals surface area contributed by atoms with Crippen LogP contribution in [0.5, 0.6) is 5.75 Å². The van der Waals surface area contributed by atoms with Crippen LogP contribution in [0.3, 0.4) is 0 Å². The second-order valence-corrected chi connectivity index (χ2v) is 13.4. The van der Waals surface area contributed by atoms with Gasteiger partial charge in [0, 0.05) is 70.0 Å². The molecule has 4 aliphatic heterocycles. The van der Waals surface area contributed by atoms with Crippen LogP contribution in [0, 0.1) is 13.8 Å². The molecule has 0 aliphatic carbocycles. The Morgan fingerprint density at radius 3 is 2.24 bits per heavy atom. The number of nitrogens with one attached hydrogen (secondary N) is 1. The molecular weight excluding hydrogens is 586 g/mol. The lowest BCUT2D eigenvalue weighted by Gasteiger charge is -2.39. The van der Waals surface area contributed by atoms with E-state index in [2.05, 4.69) is 10.2 Å². The van der Waals surface area contributed by atoms with Crippen LogP contribution in [0.2, 0.25) is 0 Å². The summed E-state index contributed by atoms with van der Waals surface area (Å²) in [6.07, 6.45) is 2.90. The summed E-state index contributed by atoms with van der Waals surface area (Å²) < 4.78 is 6.02. The second kappa shape index (κ2) is 13.9. The average molecular weight is 634 g/mol. The molecule has 0 unspecified atom stereocenters. The summed E-state index contributed by atoms with van der Waals surface area (Å²) in [5, 5.41) is 23.3. The number of piperidine rings is 2. The zero-order chi connectivity index (χ0) is 32.4. The SMILES string of the molecule is Cc1cc(C[C@@H](OC(=O)N2CCC(N3CCc4ccccc4NC3=O)CC2)C(=O)N2CCC(N3CC[C@@H](O)C3)CC2)cc(C)c1O. The molecule has 4 amide bonds. The van der Waals surface area contributed by atoms with Gasteiger partial charge in [0.05, 0.1) is 6.10 Å². The van der Waals surface area contributed by atoms with Gasteiger partial charge in [0.25, 0.3) is 5.91 Å². The van der Waals surface area contributed by atoms with Crippen LogP contribution < -0.4 is 5.32 Å². The van der Waals surface area contributed by atoms with Crippen molar-refractivity contribution in [3.05, 3.63) is 58.7 Å². The number of likely N-dealkylation sites (tertiary alicyclic amines) is 3. The standard InChI is InChI=1S/C35H47N5O6/c1-23-19-25(20-24(2)32(23)42)21-31(33(43)37-13-8-27(9-14-37)39-17-12-29(41)22-39)46-35(45)38-15-10-28(11-16-38)40-18-7-26-5-3-4-6-30(26)36-34(40)44/h3-6,19-20,27-29,31,41-42H,7-18,21-22H2,1-2H3,(H,36,44)/t29-,31-/m1/s1. The van der Waals surface area contributed by atoms with Crippen molar-refractivity contribution in [2.45, 2.75) is 83.1 Å². The van der Waals surface area contributed by atoms with Gasteiger partial charge in [-0.05, 0) is 80.7 Å². The molecule has 11 nitrogen and oxygen atoms in total. The first-order valence-electron chi connectivity index (χ1n) is 16.8. The van der Waals surface area contributed by atoms with Crippen LogP contribution in [0.15, 0.2) is 36.4 Å². The lowest BCUT2D eigenvalue weighted by molar-refractivity contribution is -0.142. The van der Waals surface area contributed by atoms with Gasteiger partial charge in [0.1, 0.15) is 5.75 Å². The number of urea groups is 1. The maximum atomic E-state index is 13.9. The van der Waals surface area contributed by atoms with E-state index in [1.165, 1.54) is 0 Å². The molecule has 3 saturated heterocycles. The number of anilines is 1. The third-order valence-electron chi connectivity index (χ3n) is 10.3. The number of nitrogens with zero attached hydrogens (tertiary/aromatic N) is 4. The number of phenols is 1. The van der Waals surface area contributed by atoms with E-state index in [9.17, 15) is 24.6 Å². The van der Waals surface area contributed by atoms with Crippen molar-refractivity contribution < 1.29 is 29.3 Å². The summed E-state index contributed by atoms with van der Waals surface area (Å²) in [6.45, 7) is 7.85. The Hall–Kier alpha value is -3.83. The molecule has 4 aliphatic rings. The van der Waals surface area contributed by atoms with Gasteiger partial charge in [-0.3, -0.25) is 9.69 Å². The summed E-state index contributed by atoms with van der Waals surface area (Å²) >= 11 is 0. The fraction of sp³-hybridized carbons (Fsp3) is 0.571. The topological polar surface area (TPSA) is 126 Å². The van der Waals surface area contributed by atoms with Crippen LogP contribution in [0.1, 0.15) is 54.4 Å². The number of aromatic hydroxyl groups is 1. The van der Waals surface area contributed by atoms with Crippen LogP contribution in [-0.4, -0.2) is 118 Å². The van der Waals surface area contributed by atoms with E-state index in [0.717, 1.165) is 49.0 Å². The molecule has 248 valence electrons. The monoisotopic (exact) mass is 633 g/mol. The molecule has 46 heavy (non-hydrogen) atoms. The number of aryl methyl sites for hydroxylation is 2. The second-order valence-electron chi connectivity index (χ2n) is 13.4. The minimum Gasteiger partial charge on any atom is -0.507 e. The number of fused-ring (bicyclic) bond motifs is 1. The number of aliphatic hydroxyl groups is 1. The lowest BCUT2D eigenvalue weighted by atomic mass is 9.99. The average Bonchev–Trinajstić information content (AvgIpc) is 3.42. The van der Waals surface area contributed by atoms with Gasteiger partial charge in [-0.25, -0.2) is 9.59 Å². The Balaban J connectivity index is 1.09. The van der Waals surface area contributed by atoms with Crippen molar-refractivity contribution in [3.8, 4) is 5.75 Å². The van der Waals surface area contributed by atoms with E-state index in [1.54, 1.807) is 4.90 Å². The zero-order valence-electron chi connectivity index (χ0n) is 27.0. The number of carbonyl (C=O) groups is 3. The molecule has 2 aromatic carbocycles. The quantitative estimate of drug-likeness (QED) is 0.443. The number of hydrogen-bond donors (Lipinski definition) is 3. The molecule has 0 aromatic heterocycles. The number of benzene rings is 2. The maximum Gasteiger partial charge on any atom is 0.410 e. The molecule has 3 N–H and O–H groups in total. The number of para-hydroxylation sites is 1. The van der Waals surface area contributed by atoms with Crippen molar-refractivity contribution in [1.29, 1.82) is 0 Å². The van der Waals surface area contributed by atoms with Crippen LogP contribution >= 0.6 is 0 Å². The summed E-state index contributed by atoms with van der Waals surface area (Å²) in [4.78, 5) is 48.2. The van der Waals surface area contributed by atoms with Crippen molar-refractivity contribution >= 4 is 23.7 Å². The van der Waals surface area contributed by atoms with Crippen molar-refractivity contribution in [1.82, 2.24) is 19.6 Å². The molecule has 0 saturated carbocycles. The molecule has 2 atom stereocenters. The van der Waals surface area contributed by atoms with Crippen molar-refractivity contribution in [2.75, 3.05) is 51.1 Å². The van der Waals surface area contributed by atoms with Gasteiger partial charge in [-0.15, -0.1) is 0 Å². The zero-order valence-corrected chi connectivity index (χ0v) is 27.0. The first kappa shape index (κ1) is 32.1. The number of hydrogen-bond acceptors (Lipinski definition) is 7. The van der Waals surface area contributed by atoms with Crippen molar-refractivity contribution in [2.24, 2.45) is 0 Å². The number of phenolic OH excluding ortho intramolecular Hbond substituents is 1. The minimum absolute atomic E-state index is 0.0109. The molecule has 4 heterocycles. The van der Waals surface area contributed by atoms with Gasteiger partial charge >= 0.3 is 12.1 Å². The first-order chi connectivity index (χ1) is 22.2. The van der Waals surface area contributed by atoms with Gasteiger partial charge in [0.15, 0.2) is 6.10 Å². The van der Waals surface area contributed by atoms with E-state index in [1.807, 2.05) is 60.0 Å². The van der Waals surface area contributed by atoms with Gasteiger partial charge in [-0.2, -0.15) is 0 Å². The van der Waals surface area contributed by atoms with Crippen LogP contribution in [0.4, 0.5) is 15.3 Å². The number of ether oxygens (including phenoxy) is 1. The highest BCUT2D eigenvalue weighted by atomic mass is 16.6. The highest BCUT2D eigenvalue weighted by Crippen LogP contribution is 2.28. The summed E-state index contributed by atoms with van der Waals surface area (Å²) in [6, 6.07) is 11.8. The number of amides is 4. The number of aliphatic hydroxyl groups excluding tert-OH is 1. The predicted octanol–water partition coefficient (Wildman–Crippen LogP) is 3.67. The third-order valence-corrected chi connectivity index (χ3v) is 10.3. The molecule has 0 spiro atoms. The Kier molecular flexibility index (Phi) is 9.70. The minimum atomic E-state index is -0.992. The smallest absolute Gasteiger partial charge is 0.410 e. The highest BCUT2D eigenvalue weighted by Gasteiger charge is 2.37. The maximum absolute atomic E-state index is 13.9. The van der Waals surface area contributed by atoms with E-state index >= 15 is 0 Å². The normalized spacial score (nSPS) is 22.3. The fourth-order valence-corrected chi connectivity index (χ4v) is 7.61. The molecule has 3 fully saturated rings. The number of carbonyl (C=O) groups excluding carboxylic acids is 3. The predicted molar refractivity (Wildman–Crippen MR) is 174 cm³/mol. The Morgan fingerprint density at radius 2 is 1.57 bits per heavy atom. The fourth-order valence-electron chi connectivity index (χ4n) is 7.61.